The van der Waals surface area contributed by atoms with E-state index in [0.29, 0.717) is 29.2 Å². The Labute approximate surface area is 189 Å². The van der Waals surface area contributed by atoms with Crippen molar-refractivity contribution >= 4 is 18.1 Å². The van der Waals surface area contributed by atoms with Crippen LogP contribution in [0.1, 0.15) is 46.5 Å². The van der Waals surface area contributed by atoms with Gasteiger partial charge in [0.15, 0.2) is 0 Å². The molecule has 1 heterocycles. The van der Waals surface area contributed by atoms with Gasteiger partial charge in [0.1, 0.15) is 23.7 Å². The number of ether oxygens (including phenoxy) is 3. The molecular weight excluding hydrogens is 433 g/mol. The summed E-state index contributed by atoms with van der Waals surface area (Å²) in [7, 11) is 0. The van der Waals surface area contributed by atoms with Gasteiger partial charge in [-0.15, -0.1) is 0 Å². The summed E-state index contributed by atoms with van der Waals surface area (Å²) in [6.45, 7) is 3.57. The van der Waals surface area contributed by atoms with Crippen molar-refractivity contribution in [3.05, 3.63) is 94.5 Å². The number of carbonyl (C=O) groups excluding carboxylic acids is 1. The first-order valence-corrected chi connectivity index (χ1v) is 10.2. The van der Waals surface area contributed by atoms with E-state index >= 15 is 0 Å². The van der Waals surface area contributed by atoms with Gasteiger partial charge in [-0.1, -0.05) is 54.6 Å². The van der Waals surface area contributed by atoms with Crippen molar-refractivity contribution in [3.8, 4) is 11.5 Å². The highest BCUT2D eigenvalue weighted by Gasteiger charge is 2.36. The molecule has 170 valence electrons. The van der Waals surface area contributed by atoms with Crippen LogP contribution < -0.4 is 9.47 Å². The molecule has 0 N–H and O–H groups in total. The zero-order valence-corrected chi connectivity index (χ0v) is 18.0. The predicted molar refractivity (Wildman–Crippen MR) is 118 cm³/mol. The van der Waals surface area contributed by atoms with E-state index in [-0.39, 0.29) is 5.56 Å². The standard InChI is InChI=1S/C26H21F3O4/c1-25(2)32-22-15-21(31-16-18-6-4-3-5-7-18)14-19(23(22)24(30)33-25)11-8-17-9-12-20(13-10-17)26(27,28)29/h3-15H,16H2,1-2H3. The number of esters is 1. The van der Waals surface area contributed by atoms with Crippen LogP contribution in [-0.4, -0.2) is 11.8 Å². The first kappa shape index (κ1) is 22.5. The van der Waals surface area contributed by atoms with Crippen LogP contribution in [-0.2, 0) is 17.5 Å². The highest BCUT2D eigenvalue weighted by molar-refractivity contribution is 5.99. The van der Waals surface area contributed by atoms with Crippen molar-refractivity contribution in [2.45, 2.75) is 32.4 Å². The fraction of sp³-hybridized carbons (Fsp3) is 0.192. The minimum absolute atomic E-state index is 0.226. The Bertz CT molecular complexity index is 1180. The normalized spacial score (nSPS) is 15.0. The predicted octanol–water partition coefficient (Wildman–Crippen LogP) is 6.74. The Morgan fingerprint density at radius 1 is 0.939 bits per heavy atom. The maximum atomic E-state index is 12.8. The first-order chi connectivity index (χ1) is 15.6. The topological polar surface area (TPSA) is 44.8 Å². The van der Waals surface area contributed by atoms with E-state index in [2.05, 4.69) is 0 Å². The van der Waals surface area contributed by atoms with Crippen molar-refractivity contribution < 1.29 is 32.2 Å². The molecule has 7 heteroatoms. The smallest absolute Gasteiger partial charge is 0.416 e. The molecule has 0 saturated heterocycles. The van der Waals surface area contributed by atoms with Crippen LogP contribution in [0.15, 0.2) is 66.7 Å². The van der Waals surface area contributed by atoms with Gasteiger partial charge in [0.05, 0.1) is 5.56 Å². The Hall–Kier alpha value is -3.74. The second-order valence-corrected chi connectivity index (χ2v) is 8.00. The van der Waals surface area contributed by atoms with E-state index in [4.69, 9.17) is 14.2 Å². The summed E-state index contributed by atoms with van der Waals surface area (Å²) in [6, 6.07) is 17.6. The van der Waals surface area contributed by atoms with Crippen LogP contribution in [0.4, 0.5) is 13.2 Å². The summed E-state index contributed by atoms with van der Waals surface area (Å²) in [4.78, 5) is 12.7. The third-order valence-corrected chi connectivity index (χ3v) is 4.95. The van der Waals surface area contributed by atoms with Gasteiger partial charge < -0.3 is 14.2 Å². The number of rotatable bonds is 5. The Balaban J connectivity index is 1.66. The van der Waals surface area contributed by atoms with E-state index in [0.717, 1.165) is 17.7 Å². The van der Waals surface area contributed by atoms with Crippen LogP contribution in [0, 0.1) is 0 Å². The summed E-state index contributed by atoms with van der Waals surface area (Å²) in [5, 5.41) is 0. The summed E-state index contributed by atoms with van der Waals surface area (Å²) in [6.07, 6.45) is -1.16. The largest absolute Gasteiger partial charge is 0.489 e. The molecule has 0 spiro atoms. The van der Waals surface area contributed by atoms with Gasteiger partial charge in [-0.3, -0.25) is 0 Å². The number of carbonyl (C=O) groups is 1. The van der Waals surface area contributed by atoms with Crippen LogP contribution in [0.25, 0.3) is 12.2 Å². The van der Waals surface area contributed by atoms with Crippen molar-refractivity contribution in [1.82, 2.24) is 0 Å². The molecule has 0 unspecified atom stereocenters. The SMILES string of the molecule is CC1(C)OC(=O)c2c(C=Cc3ccc(C(F)(F)F)cc3)cc(OCc3ccccc3)cc2O1. The lowest BCUT2D eigenvalue weighted by Gasteiger charge is -2.32. The first-order valence-electron chi connectivity index (χ1n) is 10.2. The highest BCUT2D eigenvalue weighted by Crippen LogP contribution is 2.38. The van der Waals surface area contributed by atoms with E-state index in [1.165, 1.54) is 12.1 Å². The molecule has 0 saturated carbocycles. The summed E-state index contributed by atoms with van der Waals surface area (Å²) < 4.78 is 55.5. The van der Waals surface area contributed by atoms with Crippen LogP contribution in [0.3, 0.4) is 0 Å². The lowest BCUT2D eigenvalue weighted by molar-refractivity contribution is -0.137. The zero-order chi connectivity index (χ0) is 23.6. The molecule has 3 aromatic carbocycles. The number of hydrogen-bond acceptors (Lipinski definition) is 4. The molecule has 0 bridgehead atoms. The third kappa shape index (κ3) is 5.37. The minimum atomic E-state index is -4.40. The van der Waals surface area contributed by atoms with Gasteiger partial charge in [-0.05, 0) is 34.9 Å². The number of alkyl halides is 3. The molecule has 0 radical (unpaired) electrons. The van der Waals surface area contributed by atoms with Crippen LogP contribution >= 0.6 is 0 Å². The van der Waals surface area contributed by atoms with E-state index in [9.17, 15) is 18.0 Å². The zero-order valence-electron chi connectivity index (χ0n) is 18.0. The van der Waals surface area contributed by atoms with E-state index in [1.54, 1.807) is 38.1 Å². The van der Waals surface area contributed by atoms with E-state index < -0.39 is 23.5 Å². The molecule has 0 aromatic heterocycles. The Morgan fingerprint density at radius 2 is 1.64 bits per heavy atom. The minimum Gasteiger partial charge on any atom is -0.489 e. The second kappa shape index (κ2) is 8.65. The second-order valence-electron chi connectivity index (χ2n) is 8.00. The molecule has 0 atom stereocenters. The maximum absolute atomic E-state index is 12.8. The number of fused-ring (bicyclic) bond motifs is 1. The average molecular weight is 454 g/mol. The summed E-state index contributed by atoms with van der Waals surface area (Å²) in [5.41, 5.74) is 1.48. The Morgan fingerprint density at radius 3 is 2.30 bits per heavy atom. The van der Waals surface area contributed by atoms with Crippen molar-refractivity contribution in [2.75, 3.05) is 0 Å². The van der Waals surface area contributed by atoms with Gasteiger partial charge in [0.25, 0.3) is 0 Å². The maximum Gasteiger partial charge on any atom is 0.416 e. The molecule has 0 amide bonds. The van der Waals surface area contributed by atoms with Gasteiger partial charge in [0.2, 0.25) is 5.79 Å². The van der Waals surface area contributed by atoms with E-state index in [1.807, 2.05) is 30.3 Å². The molecular formula is C26H21F3O4. The number of cyclic esters (lactones) is 1. The van der Waals surface area contributed by atoms with Crippen molar-refractivity contribution in [1.29, 1.82) is 0 Å². The van der Waals surface area contributed by atoms with Gasteiger partial charge in [0, 0.05) is 19.9 Å². The number of benzene rings is 3. The van der Waals surface area contributed by atoms with Crippen LogP contribution in [0.5, 0.6) is 11.5 Å². The molecule has 33 heavy (non-hydrogen) atoms. The lowest BCUT2D eigenvalue weighted by atomic mass is 10.0. The molecule has 1 aliphatic heterocycles. The van der Waals surface area contributed by atoms with Crippen LogP contribution in [0.2, 0.25) is 0 Å². The fourth-order valence-corrected chi connectivity index (χ4v) is 3.39. The molecule has 4 nitrogen and oxygen atoms in total. The molecule has 3 aromatic rings. The summed E-state index contributed by atoms with van der Waals surface area (Å²) in [5.74, 6) is -0.900. The number of halogens is 3. The number of hydrogen-bond donors (Lipinski definition) is 0. The van der Waals surface area contributed by atoms with Crippen molar-refractivity contribution in [2.24, 2.45) is 0 Å². The average Bonchev–Trinajstić information content (AvgIpc) is 2.75. The Kier molecular flexibility index (Phi) is 5.89. The molecule has 1 aliphatic rings. The summed E-state index contributed by atoms with van der Waals surface area (Å²) >= 11 is 0. The van der Waals surface area contributed by atoms with Gasteiger partial charge in [-0.2, -0.15) is 13.2 Å². The quantitative estimate of drug-likeness (QED) is 0.316. The lowest BCUT2D eigenvalue weighted by Crippen LogP contribution is -2.39. The third-order valence-electron chi connectivity index (χ3n) is 4.95. The molecule has 0 fully saturated rings. The molecule has 4 rings (SSSR count). The van der Waals surface area contributed by atoms with Crippen molar-refractivity contribution in [3.63, 3.8) is 0 Å². The van der Waals surface area contributed by atoms with Gasteiger partial charge in [-0.25, -0.2) is 4.79 Å². The fourth-order valence-electron chi connectivity index (χ4n) is 3.39. The monoisotopic (exact) mass is 454 g/mol. The van der Waals surface area contributed by atoms with Gasteiger partial charge >= 0.3 is 12.1 Å². The highest BCUT2D eigenvalue weighted by atomic mass is 19.4. The molecule has 0 aliphatic carbocycles.